The van der Waals surface area contributed by atoms with Crippen LogP contribution in [0.15, 0.2) is 45.6 Å². The van der Waals surface area contributed by atoms with E-state index >= 15 is 0 Å². The van der Waals surface area contributed by atoms with Crippen LogP contribution in [0.3, 0.4) is 0 Å². The molecule has 3 rings (SSSR count). The minimum absolute atomic E-state index is 0.103. The molecule has 4 nitrogen and oxygen atoms in total. The van der Waals surface area contributed by atoms with Crippen molar-refractivity contribution in [3.63, 3.8) is 0 Å². The number of hydrogen-bond donors (Lipinski definition) is 1. The van der Waals surface area contributed by atoms with Gasteiger partial charge in [0.05, 0.1) is 5.75 Å². The lowest BCUT2D eigenvalue weighted by Crippen LogP contribution is -2.14. The molecule has 1 amide bonds. The summed E-state index contributed by atoms with van der Waals surface area (Å²) in [5.74, 6) is -1.79. The SMILES string of the molecule is Cc1cc2oc(=O)cc(CSCC(=O)Nc3ccc(F)c(F)c3)c2cc1C. The van der Waals surface area contributed by atoms with Crippen LogP contribution in [0.5, 0.6) is 0 Å². The van der Waals surface area contributed by atoms with Gasteiger partial charge in [0.15, 0.2) is 11.6 Å². The first kappa shape index (κ1) is 19.1. The van der Waals surface area contributed by atoms with Gasteiger partial charge >= 0.3 is 5.63 Å². The van der Waals surface area contributed by atoms with Crippen molar-refractivity contribution in [1.29, 1.82) is 0 Å². The van der Waals surface area contributed by atoms with E-state index in [1.807, 2.05) is 26.0 Å². The highest BCUT2D eigenvalue weighted by Gasteiger charge is 2.10. The van der Waals surface area contributed by atoms with Gasteiger partial charge in [0.25, 0.3) is 0 Å². The first-order valence-corrected chi connectivity index (χ1v) is 9.35. The Kier molecular flexibility index (Phi) is 5.60. The maximum atomic E-state index is 13.2. The zero-order chi connectivity index (χ0) is 19.6. The molecule has 0 saturated carbocycles. The third-order valence-electron chi connectivity index (χ3n) is 4.14. The highest BCUT2D eigenvalue weighted by atomic mass is 32.2. The van der Waals surface area contributed by atoms with E-state index in [9.17, 15) is 18.4 Å². The molecule has 0 spiro atoms. The van der Waals surface area contributed by atoms with Crippen molar-refractivity contribution in [2.24, 2.45) is 0 Å². The normalized spacial score (nSPS) is 11.0. The Hall–Kier alpha value is -2.67. The van der Waals surface area contributed by atoms with Crippen LogP contribution >= 0.6 is 11.8 Å². The van der Waals surface area contributed by atoms with Gasteiger partial charge in [-0.15, -0.1) is 11.8 Å². The Morgan fingerprint density at radius 2 is 1.81 bits per heavy atom. The quantitative estimate of drug-likeness (QED) is 0.650. The van der Waals surface area contributed by atoms with Crippen molar-refractivity contribution >= 4 is 34.3 Å². The molecule has 1 N–H and O–H groups in total. The molecule has 1 heterocycles. The number of carbonyl (C=O) groups is 1. The Morgan fingerprint density at radius 3 is 2.56 bits per heavy atom. The maximum absolute atomic E-state index is 13.2. The molecule has 0 aliphatic carbocycles. The molecular weight excluding hydrogens is 372 g/mol. The predicted octanol–water partition coefficient (Wildman–Crippen LogP) is 4.56. The summed E-state index contributed by atoms with van der Waals surface area (Å²) in [4.78, 5) is 23.8. The van der Waals surface area contributed by atoms with Crippen molar-refractivity contribution in [3.05, 3.63) is 75.1 Å². The Balaban J connectivity index is 1.68. The van der Waals surface area contributed by atoms with Gasteiger partial charge < -0.3 is 9.73 Å². The molecule has 0 unspecified atom stereocenters. The summed E-state index contributed by atoms with van der Waals surface area (Å²) in [6.45, 7) is 3.92. The zero-order valence-corrected chi connectivity index (χ0v) is 15.6. The number of carbonyl (C=O) groups excluding carboxylic acids is 1. The number of rotatable bonds is 5. The number of halogens is 2. The molecule has 0 aliphatic heterocycles. The molecule has 1 aromatic heterocycles. The van der Waals surface area contributed by atoms with Crippen LogP contribution in [0, 0.1) is 25.5 Å². The van der Waals surface area contributed by atoms with Crippen molar-refractivity contribution < 1.29 is 18.0 Å². The first-order valence-electron chi connectivity index (χ1n) is 8.20. The molecule has 140 valence electrons. The second-order valence-corrected chi connectivity index (χ2v) is 7.18. The summed E-state index contributed by atoms with van der Waals surface area (Å²) < 4.78 is 31.4. The molecule has 0 radical (unpaired) electrons. The van der Waals surface area contributed by atoms with Crippen molar-refractivity contribution in [1.82, 2.24) is 0 Å². The number of fused-ring (bicyclic) bond motifs is 1. The summed E-state index contributed by atoms with van der Waals surface area (Å²) >= 11 is 1.31. The summed E-state index contributed by atoms with van der Waals surface area (Å²) in [6, 6.07) is 8.40. The Bertz CT molecular complexity index is 1080. The zero-order valence-electron chi connectivity index (χ0n) is 14.8. The fourth-order valence-electron chi connectivity index (χ4n) is 2.63. The Labute approximate surface area is 158 Å². The standard InChI is InChI=1S/C20H17F2NO3S/c1-11-5-15-13(7-20(25)26-18(15)6-12(11)2)9-27-10-19(24)23-14-3-4-16(21)17(22)8-14/h3-8H,9-10H2,1-2H3,(H,23,24). The molecule has 0 saturated heterocycles. The number of anilines is 1. The molecule has 3 aromatic rings. The minimum atomic E-state index is -1.02. The number of amides is 1. The number of nitrogens with one attached hydrogen (secondary N) is 1. The van der Waals surface area contributed by atoms with Crippen LogP contribution in [0.4, 0.5) is 14.5 Å². The van der Waals surface area contributed by atoms with Gasteiger partial charge in [0, 0.05) is 29.0 Å². The van der Waals surface area contributed by atoms with Crippen LogP contribution in [-0.4, -0.2) is 11.7 Å². The lowest BCUT2D eigenvalue weighted by Gasteiger charge is -2.09. The van der Waals surface area contributed by atoms with Crippen molar-refractivity contribution in [2.45, 2.75) is 19.6 Å². The van der Waals surface area contributed by atoms with E-state index in [0.29, 0.717) is 11.3 Å². The van der Waals surface area contributed by atoms with Gasteiger partial charge in [-0.05, 0) is 54.8 Å². The van der Waals surface area contributed by atoms with E-state index in [0.717, 1.165) is 34.2 Å². The largest absolute Gasteiger partial charge is 0.423 e. The van der Waals surface area contributed by atoms with Crippen molar-refractivity contribution in [2.75, 3.05) is 11.1 Å². The lowest BCUT2D eigenvalue weighted by atomic mass is 10.0. The second-order valence-electron chi connectivity index (χ2n) is 6.19. The van der Waals surface area contributed by atoms with E-state index in [1.165, 1.54) is 23.9 Å². The van der Waals surface area contributed by atoms with Gasteiger partial charge in [-0.25, -0.2) is 13.6 Å². The van der Waals surface area contributed by atoms with E-state index in [-0.39, 0.29) is 17.3 Å². The van der Waals surface area contributed by atoms with Gasteiger partial charge in [-0.1, -0.05) is 0 Å². The highest BCUT2D eigenvalue weighted by molar-refractivity contribution is 7.99. The average Bonchev–Trinajstić information content (AvgIpc) is 2.60. The Morgan fingerprint density at radius 1 is 1.07 bits per heavy atom. The maximum Gasteiger partial charge on any atom is 0.336 e. The molecular formula is C20H17F2NO3S. The minimum Gasteiger partial charge on any atom is -0.423 e. The van der Waals surface area contributed by atoms with Gasteiger partial charge in [0.1, 0.15) is 5.58 Å². The number of thioether (sulfide) groups is 1. The fraction of sp³-hybridized carbons (Fsp3) is 0.200. The van der Waals surface area contributed by atoms with Gasteiger partial charge in [0.2, 0.25) is 5.91 Å². The third kappa shape index (κ3) is 4.54. The van der Waals surface area contributed by atoms with Crippen LogP contribution in [0.1, 0.15) is 16.7 Å². The van der Waals surface area contributed by atoms with E-state index in [2.05, 4.69) is 5.32 Å². The number of aryl methyl sites for hydroxylation is 2. The monoisotopic (exact) mass is 389 g/mol. The number of benzene rings is 2. The highest BCUT2D eigenvalue weighted by Crippen LogP contribution is 2.24. The van der Waals surface area contributed by atoms with Crippen LogP contribution < -0.4 is 10.9 Å². The van der Waals surface area contributed by atoms with Crippen LogP contribution in [-0.2, 0) is 10.5 Å². The molecule has 0 atom stereocenters. The first-order chi connectivity index (χ1) is 12.8. The topological polar surface area (TPSA) is 59.3 Å². The fourth-order valence-corrected chi connectivity index (χ4v) is 3.45. The van der Waals surface area contributed by atoms with Gasteiger partial charge in [-0.2, -0.15) is 0 Å². The van der Waals surface area contributed by atoms with Gasteiger partial charge in [-0.3, -0.25) is 4.79 Å². The molecule has 0 fully saturated rings. The summed E-state index contributed by atoms with van der Waals surface area (Å²) in [5.41, 5.74) is 3.17. The molecule has 0 aliphatic rings. The summed E-state index contributed by atoms with van der Waals surface area (Å²) in [7, 11) is 0. The lowest BCUT2D eigenvalue weighted by molar-refractivity contribution is -0.113. The summed E-state index contributed by atoms with van der Waals surface area (Å²) in [5, 5.41) is 3.35. The second kappa shape index (κ2) is 7.92. The van der Waals surface area contributed by atoms with E-state index < -0.39 is 17.3 Å². The van der Waals surface area contributed by atoms with E-state index in [4.69, 9.17) is 4.42 Å². The molecule has 27 heavy (non-hydrogen) atoms. The molecule has 2 aromatic carbocycles. The number of hydrogen-bond acceptors (Lipinski definition) is 4. The van der Waals surface area contributed by atoms with Crippen LogP contribution in [0.2, 0.25) is 0 Å². The summed E-state index contributed by atoms with van der Waals surface area (Å²) in [6.07, 6.45) is 0. The average molecular weight is 389 g/mol. The molecule has 0 bridgehead atoms. The third-order valence-corrected chi connectivity index (χ3v) is 5.12. The van der Waals surface area contributed by atoms with E-state index in [1.54, 1.807) is 0 Å². The predicted molar refractivity (Wildman–Crippen MR) is 103 cm³/mol. The van der Waals surface area contributed by atoms with Crippen LogP contribution in [0.25, 0.3) is 11.0 Å². The molecule has 7 heteroatoms. The van der Waals surface area contributed by atoms with Crippen molar-refractivity contribution in [3.8, 4) is 0 Å². The smallest absolute Gasteiger partial charge is 0.336 e.